The molecule has 0 spiro atoms. The molecule has 134 valence electrons. The fraction of sp³-hybridized carbons (Fsp3) is 0.684. The summed E-state index contributed by atoms with van der Waals surface area (Å²) >= 11 is 1.56. The Kier molecular flexibility index (Phi) is 6.07. The monoisotopic (exact) mass is 351 g/mol. The maximum absolute atomic E-state index is 12.4. The zero-order chi connectivity index (χ0) is 17.9. The topological polar surface area (TPSA) is 55.4 Å². The van der Waals surface area contributed by atoms with E-state index in [-0.39, 0.29) is 17.3 Å². The van der Waals surface area contributed by atoms with Crippen LogP contribution in [0.25, 0.3) is 0 Å². The molecule has 24 heavy (non-hydrogen) atoms. The maximum Gasteiger partial charge on any atom is 0.341 e. The largest absolute Gasteiger partial charge is 0.462 e. The van der Waals surface area contributed by atoms with E-state index in [9.17, 15) is 9.59 Å². The van der Waals surface area contributed by atoms with Crippen LogP contribution in [0.4, 0.5) is 5.00 Å². The summed E-state index contributed by atoms with van der Waals surface area (Å²) in [6, 6.07) is 0. The van der Waals surface area contributed by atoms with E-state index in [0.717, 1.165) is 31.2 Å². The number of anilines is 1. The van der Waals surface area contributed by atoms with Gasteiger partial charge in [0, 0.05) is 11.3 Å². The van der Waals surface area contributed by atoms with E-state index < -0.39 is 0 Å². The summed E-state index contributed by atoms with van der Waals surface area (Å²) in [6.45, 7) is 10.9. The van der Waals surface area contributed by atoms with E-state index in [1.807, 2.05) is 13.8 Å². The summed E-state index contributed by atoms with van der Waals surface area (Å²) in [4.78, 5) is 25.7. The van der Waals surface area contributed by atoms with Crippen LogP contribution in [0.2, 0.25) is 0 Å². The van der Waals surface area contributed by atoms with Crippen molar-refractivity contribution in [2.24, 2.45) is 11.3 Å². The molecule has 5 heteroatoms. The van der Waals surface area contributed by atoms with Gasteiger partial charge in [-0.25, -0.2) is 4.79 Å². The summed E-state index contributed by atoms with van der Waals surface area (Å²) in [6.07, 6.45) is 4.18. The Bertz CT molecular complexity index is 613. The molecule has 1 aromatic heterocycles. The average Bonchev–Trinajstić information content (AvgIpc) is 2.83. The van der Waals surface area contributed by atoms with Gasteiger partial charge in [-0.15, -0.1) is 11.3 Å². The van der Waals surface area contributed by atoms with E-state index in [0.29, 0.717) is 29.5 Å². The number of rotatable bonds is 5. The van der Waals surface area contributed by atoms with E-state index in [4.69, 9.17) is 4.74 Å². The fourth-order valence-corrected chi connectivity index (χ4v) is 4.58. The second kappa shape index (κ2) is 7.68. The van der Waals surface area contributed by atoms with Crippen LogP contribution in [-0.4, -0.2) is 18.5 Å². The molecular weight excluding hydrogens is 322 g/mol. The van der Waals surface area contributed by atoms with Crippen molar-refractivity contribution in [1.82, 2.24) is 0 Å². The Morgan fingerprint density at radius 3 is 2.58 bits per heavy atom. The summed E-state index contributed by atoms with van der Waals surface area (Å²) in [5.41, 5.74) is 1.93. The van der Waals surface area contributed by atoms with E-state index in [2.05, 4.69) is 26.1 Å². The number of ether oxygens (including phenoxy) is 1. The van der Waals surface area contributed by atoms with Gasteiger partial charge in [0.1, 0.15) is 5.00 Å². The van der Waals surface area contributed by atoms with Crippen molar-refractivity contribution in [2.75, 3.05) is 11.9 Å². The number of carbonyl (C=O) groups is 2. The second-order valence-electron chi connectivity index (χ2n) is 7.53. The lowest BCUT2D eigenvalue weighted by molar-refractivity contribution is -0.116. The number of carbonyl (C=O) groups excluding carboxylic acids is 2. The minimum absolute atomic E-state index is 0.0333. The molecular formula is C19H29NO3S. The molecule has 1 aliphatic rings. The first-order valence-corrected chi connectivity index (χ1v) is 9.71. The van der Waals surface area contributed by atoms with E-state index >= 15 is 0 Å². The highest BCUT2D eigenvalue weighted by Crippen LogP contribution is 2.44. The van der Waals surface area contributed by atoms with Gasteiger partial charge >= 0.3 is 5.97 Å². The van der Waals surface area contributed by atoms with E-state index in [1.165, 1.54) is 4.88 Å². The lowest BCUT2D eigenvalue weighted by Crippen LogP contribution is -2.26. The van der Waals surface area contributed by atoms with Gasteiger partial charge in [0.25, 0.3) is 0 Å². The Hall–Kier alpha value is -1.36. The third kappa shape index (κ3) is 4.18. The lowest BCUT2D eigenvalue weighted by Gasteiger charge is -2.33. The Labute approximate surface area is 149 Å². The summed E-state index contributed by atoms with van der Waals surface area (Å²) in [5.74, 6) is 0.253. The predicted molar refractivity (Wildman–Crippen MR) is 98.8 cm³/mol. The molecule has 0 aromatic carbocycles. The van der Waals surface area contributed by atoms with Crippen molar-refractivity contribution >= 4 is 28.2 Å². The molecule has 0 bridgehead atoms. The van der Waals surface area contributed by atoms with Crippen LogP contribution in [-0.2, 0) is 22.4 Å². The molecule has 2 rings (SSSR count). The first-order chi connectivity index (χ1) is 11.3. The minimum Gasteiger partial charge on any atom is -0.462 e. The van der Waals surface area contributed by atoms with Crippen molar-refractivity contribution in [3.8, 4) is 0 Å². The number of hydrogen-bond donors (Lipinski definition) is 1. The molecule has 0 saturated carbocycles. The van der Waals surface area contributed by atoms with Crippen molar-refractivity contribution in [1.29, 1.82) is 0 Å². The average molecular weight is 352 g/mol. The molecule has 1 atom stereocenters. The number of thiophene rings is 1. The minimum atomic E-state index is -0.309. The van der Waals surface area contributed by atoms with Crippen LogP contribution in [0.15, 0.2) is 0 Å². The van der Waals surface area contributed by atoms with Gasteiger partial charge in [0.15, 0.2) is 0 Å². The first-order valence-electron chi connectivity index (χ1n) is 8.89. The van der Waals surface area contributed by atoms with E-state index in [1.54, 1.807) is 11.3 Å². The molecule has 1 aliphatic carbocycles. The van der Waals surface area contributed by atoms with Crippen LogP contribution < -0.4 is 5.32 Å². The Morgan fingerprint density at radius 2 is 2.00 bits per heavy atom. The molecule has 1 heterocycles. The molecule has 0 radical (unpaired) electrons. The fourth-order valence-electron chi connectivity index (χ4n) is 3.25. The van der Waals surface area contributed by atoms with Gasteiger partial charge in [-0.05, 0) is 49.5 Å². The first kappa shape index (κ1) is 19.0. The summed E-state index contributed by atoms with van der Waals surface area (Å²) < 4.78 is 5.25. The smallest absolute Gasteiger partial charge is 0.341 e. The quantitative estimate of drug-likeness (QED) is 0.774. The molecule has 0 unspecified atom stereocenters. The SMILES string of the molecule is CCCC(=O)Nc1sc2c(c1C(=O)OCC)CC[C@@H](C(C)(C)C)C2. The van der Waals surface area contributed by atoms with Crippen molar-refractivity contribution in [2.45, 2.75) is 66.7 Å². The highest BCUT2D eigenvalue weighted by Gasteiger charge is 2.34. The normalized spacial score (nSPS) is 17.3. The molecule has 4 nitrogen and oxygen atoms in total. The Balaban J connectivity index is 2.35. The van der Waals surface area contributed by atoms with Crippen molar-refractivity contribution < 1.29 is 14.3 Å². The van der Waals surface area contributed by atoms with Gasteiger partial charge in [0.05, 0.1) is 12.2 Å². The highest BCUT2D eigenvalue weighted by atomic mass is 32.1. The molecule has 0 aliphatic heterocycles. The third-order valence-corrected chi connectivity index (χ3v) is 5.87. The summed E-state index contributed by atoms with van der Waals surface area (Å²) in [7, 11) is 0. The van der Waals surface area contributed by atoms with Crippen LogP contribution >= 0.6 is 11.3 Å². The molecule has 1 amide bonds. The molecule has 0 fully saturated rings. The molecule has 0 saturated heterocycles. The Morgan fingerprint density at radius 1 is 1.29 bits per heavy atom. The molecule has 1 aromatic rings. The predicted octanol–water partition coefficient (Wildman–Crippen LogP) is 4.81. The lowest BCUT2D eigenvalue weighted by atomic mass is 9.72. The third-order valence-electron chi connectivity index (χ3n) is 4.70. The number of amides is 1. The van der Waals surface area contributed by atoms with Gasteiger partial charge < -0.3 is 10.1 Å². The van der Waals surface area contributed by atoms with Crippen molar-refractivity contribution in [3.63, 3.8) is 0 Å². The van der Waals surface area contributed by atoms with Crippen LogP contribution in [0.1, 0.15) is 74.7 Å². The van der Waals surface area contributed by atoms with Crippen LogP contribution in [0.5, 0.6) is 0 Å². The van der Waals surface area contributed by atoms with Crippen LogP contribution in [0, 0.1) is 11.3 Å². The maximum atomic E-state index is 12.4. The number of esters is 1. The second-order valence-corrected chi connectivity index (χ2v) is 8.64. The number of fused-ring (bicyclic) bond motifs is 1. The zero-order valence-corrected chi connectivity index (χ0v) is 16.3. The van der Waals surface area contributed by atoms with Gasteiger partial charge in [0.2, 0.25) is 5.91 Å². The number of nitrogens with one attached hydrogen (secondary N) is 1. The number of hydrogen-bond acceptors (Lipinski definition) is 4. The van der Waals surface area contributed by atoms with Crippen LogP contribution in [0.3, 0.4) is 0 Å². The molecule has 1 N–H and O–H groups in total. The zero-order valence-electron chi connectivity index (χ0n) is 15.5. The van der Waals surface area contributed by atoms with Gasteiger partial charge in [-0.1, -0.05) is 27.7 Å². The highest BCUT2D eigenvalue weighted by molar-refractivity contribution is 7.17. The standard InChI is InChI=1S/C19H29NO3S/c1-6-8-15(21)20-17-16(18(22)23-7-2)13-10-9-12(19(3,4)5)11-14(13)24-17/h12H,6-11H2,1-5H3,(H,20,21)/t12-/m1/s1. The summed E-state index contributed by atoms with van der Waals surface area (Å²) in [5, 5.41) is 3.61. The van der Waals surface area contributed by atoms with Crippen molar-refractivity contribution in [3.05, 3.63) is 16.0 Å². The van der Waals surface area contributed by atoms with Gasteiger partial charge in [-0.2, -0.15) is 0 Å². The van der Waals surface area contributed by atoms with Gasteiger partial charge in [-0.3, -0.25) is 4.79 Å².